The highest BCUT2D eigenvalue weighted by Crippen LogP contribution is 2.44. The van der Waals surface area contributed by atoms with Crippen molar-refractivity contribution in [3.05, 3.63) is 0 Å². The molecule has 2 atom stereocenters. The fourth-order valence-corrected chi connectivity index (χ4v) is 2.83. The van der Waals surface area contributed by atoms with Crippen molar-refractivity contribution < 1.29 is 14.6 Å². The zero-order valence-electron chi connectivity index (χ0n) is 8.95. The summed E-state index contributed by atoms with van der Waals surface area (Å²) in [6, 6.07) is -0.772. The lowest BCUT2D eigenvalue weighted by Gasteiger charge is -2.24. The van der Waals surface area contributed by atoms with Crippen LogP contribution in [0.4, 0.5) is 0 Å². The molecule has 0 aromatic rings. The van der Waals surface area contributed by atoms with Gasteiger partial charge in [-0.05, 0) is 32.1 Å². The maximum absolute atomic E-state index is 10.6. The molecule has 0 bridgehead atoms. The topological polar surface area (TPSA) is 72.5 Å². The zero-order valence-corrected chi connectivity index (χ0v) is 8.95. The van der Waals surface area contributed by atoms with Crippen LogP contribution in [0.1, 0.15) is 44.9 Å². The molecule has 2 aliphatic rings. The first-order valence-corrected chi connectivity index (χ1v) is 5.77. The Bertz CT molecular complexity index is 248. The molecule has 0 aromatic carbocycles. The lowest BCUT2D eigenvalue weighted by molar-refractivity contribution is -0.140. The second-order valence-electron chi connectivity index (χ2n) is 4.85. The first-order chi connectivity index (χ1) is 7.11. The molecule has 1 aliphatic heterocycles. The summed E-state index contributed by atoms with van der Waals surface area (Å²) >= 11 is 0. The zero-order chi connectivity index (χ0) is 10.9. The Kier molecular flexibility index (Phi) is 2.98. The second-order valence-corrected chi connectivity index (χ2v) is 4.85. The summed E-state index contributed by atoms with van der Waals surface area (Å²) in [6.45, 7) is 0. The van der Waals surface area contributed by atoms with Crippen LogP contribution in [0.3, 0.4) is 0 Å². The maximum Gasteiger partial charge on any atom is 0.320 e. The minimum absolute atomic E-state index is 0.0641. The van der Waals surface area contributed by atoms with Crippen LogP contribution < -0.4 is 5.73 Å². The normalized spacial score (nSPS) is 30.9. The van der Waals surface area contributed by atoms with Gasteiger partial charge >= 0.3 is 5.97 Å². The molecule has 0 aromatic heterocycles. The van der Waals surface area contributed by atoms with Gasteiger partial charge in [-0.2, -0.15) is 0 Å². The van der Waals surface area contributed by atoms with E-state index in [1.54, 1.807) is 0 Å². The highest BCUT2D eigenvalue weighted by molar-refractivity contribution is 5.73. The van der Waals surface area contributed by atoms with Crippen LogP contribution >= 0.6 is 0 Å². The number of carboxylic acid groups (broad SMARTS) is 1. The Morgan fingerprint density at radius 3 is 2.73 bits per heavy atom. The van der Waals surface area contributed by atoms with E-state index in [1.165, 1.54) is 12.8 Å². The summed E-state index contributed by atoms with van der Waals surface area (Å²) in [7, 11) is 0. The number of carbonyl (C=O) groups is 1. The Balaban J connectivity index is 1.84. The Hall–Kier alpha value is -0.610. The number of aliphatic carboxylic acids is 1. The smallest absolute Gasteiger partial charge is 0.320 e. The van der Waals surface area contributed by atoms with Crippen LogP contribution in [0.25, 0.3) is 0 Å². The van der Waals surface area contributed by atoms with Gasteiger partial charge in [0.25, 0.3) is 0 Å². The molecule has 4 heteroatoms. The number of ether oxygens (including phenoxy) is 1. The largest absolute Gasteiger partial charge is 0.480 e. The third kappa shape index (κ3) is 2.32. The molecular formula is C11H19NO3. The number of nitrogens with two attached hydrogens (primary N) is 1. The summed E-state index contributed by atoms with van der Waals surface area (Å²) in [4.78, 5) is 10.6. The van der Waals surface area contributed by atoms with E-state index in [9.17, 15) is 4.79 Å². The lowest BCUT2D eigenvalue weighted by atomic mass is 9.97. The van der Waals surface area contributed by atoms with Gasteiger partial charge in [-0.25, -0.2) is 0 Å². The maximum atomic E-state index is 10.6. The van der Waals surface area contributed by atoms with Crippen LogP contribution in [0.2, 0.25) is 0 Å². The van der Waals surface area contributed by atoms with Crippen LogP contribution in [0.15, 0.2) is 0 Å². The minimum atomic E-state index is -0.925. The molecule has 0 amide bonds. The van der Waals surface area contributed by atoms with E-state index in [1.807, 2.05) is 0 Å². The number of rotatable bonds is 3. The highest BCUT2D eigenvalue weighted by atomic mass is 16.5. The van der Waals surface area contributed by atoms with E-state index in [-0.39, 0.29) is 11.7 Å². The van der Waals surface area contributed by atoms with Gasteiger partial charge in [0.2, 0.25) is 0 Å². The SMILES string of the molecule is N[C@H](CC1CCC2(CCCC2)O1)C(=O)O. The fourth-order valence-electron chi connectivity index (χ4n) is 2.83. The molecule has 0 radical (unpaired) electrons. The summed E-state index contributed by atoms with van der Waals surface area (Å²) < 4.78 is 5.99. The van der Waals surface area contributed by atoms with Crippen molar-refractivity contribution in [1.82, 2.24) is 0 Å². The van der Waals surface area contributed by atoms with Crippen LogP contribution in [-0.4, -0.2) is 28.8 Å². The molecule has 1 saturated heterocycles. The van der Waals surface area contributed by atoms with Crippen molar-refractivity contribution >= 4 is 5.97 Å². The van der Waals surface area contributed by atoms with E-state index in [4.69, 9.17) is 15.6 Å². The summed E-state index contributed by atoms with van der Waals surface area (Å²) in [5, 5.41) is 8.72. The first-order valence-electron chi connectivity index (χ1n) is 5.77. The van der Waals surface area contributed by atoms with Crippen molar-refractivity contribution in [2.75, 3.05) is 0 Å². The van der Waals surface area contributed by atoms with Gasteiger partial charge in [-0.1, -0.05) is 12.8 Å². The molecule has 2 rings (SSSR count). The first kappa shape index (κ1) is 10.9. The third-order valence-corrected chi connectivity index (χ3v) is 3.69. The monoisotopic (exact) mass is 213 g/mol. The van der Waals surface area contributed by atoms with E-state index in [0.29, 0.717) is 6.42 Å². The van der Waals surface area contributed by atoms with Gasteiger partial charge in [-0.15, -0.1) is 0 Å². The van der Waals surface area contributed by atoms with Gasteiger partial charge in [0.15, 0.2) is 0 Å². The predicted octanol–water partition coefficient (Wildman–Crippen LogP) is 1.28. The molecular weight excluding hydrogens is 194 g/mol. The second kappa shape index (κ2) is 4.10. The molecule has 1 saturated carbocycles. The third-order valence-electron chi connectivity index (χ3n) is 3.69. The standard InChI is InChI=1S/C11H19NO3/c12-9(10(13)14)7-8-3-6-11(15-8)4-1-2-5-11/h8-9H,1-7,12H2,(H,13,14)/t8?,9-/m1/s1. The highest BCUT2D eigenvalue weighted by Gasteiger charge is 2.42. The van der Waals surface area contributed by atoms with Crippen molar-refractivity contribution in [1.29, 1.82) is 0 Å². The number of carboxylic acids is 1. The Labute approximate surface area is 89.8 Å². The van der Waals surface area contributed by atoms with Gasteiger partial charge in [-0.3, -0.25) is 4.79 Å². The van der Waals surface area contributed by atoms with Crippen molar-refractivity contribution in [2.24, 2.45) is 5.73 Å². The van der Waals surface area contributed by atoms with Crippen molar-refractivity contribution in [2.45, 2.75) is 62.7 Å². The quantitative estimate of drug-likeness (QED) is 0.740. The lowest BCUT2D eigenvalue weighted by Crippen LogP contribution is -2.35. The van der Waals surface area contributed by atoms with Crippen LogP contribution in [0, 0.1) is 0 Å². The van der Waals surface area contributed by atoms with E-state index in [2.05, 4.69) is 0 Å². The molecule has 3 N–H and O–H groups in total. The fraction of sp³-hybridized carbons (Fsp3) is 0.909. The average molecular weight is 213 g/mol. The molecule has 2 fully saturated rings. The molecule has 1 aliphatic carbocycles. The van der Waals surface area contributed by atoms with E-state index >= 15 is 0 Å². The summed E-state index contributed by atoms with van der Waals surface area (Å²) in [5.41, 5.74) is 5.59. The van der Waals surface area contributed by atoms with Crippen molar-refractivity contribution in [3.8, 4) is 0 Å². The minimum Gasteiger partial charge on any atom is -0.480 e. The summed E-state index contributed by atoms with van der Waals surface area (Å²) in [6.07, 6.45) is 7.36. The summed E-state index contributed by atoms with van der Waals surface area (Å²) in [5.74, 6) is -0.925. The van der Waals surface area contributed by atoms with Crippen molar-refractivity contribution in [3.63, 3.8) is 0 Å². The molecule has 1 heterocycles. The Morgan fingerprint density at radius 1 is 1.47 bits per heavy atom. The molecule has 15 heavy (non-hydrogen) atoms. The number of hydrogen-bond donors (Lipinski definition) is 2. The molecule has 1 unspecified atom stereocenters. The number of hydrogen-bond acceptors (Lipinski definition) is 3. The van der Waals surface area contributed by atoms with Gasteiger partial charge in [0.1, 0.15) is 6.04 Å². The van der Waals surface area contributed by atoms with Crippen LogP contribution in [0.5, 0.6) is 0 Å². The predicted molar refractivity (Wildman–Crippen MR) is 55.5 cm³/mol. The van der Waals surface area contributed by atoms with Gasteiger partial charge in [0, 0.05) is 0 Å². The molecule has 1 spiro atoms. The average Bonchev–Trinajstić information content (AvgIpc) is 2.78. The van der Waals surface area contributed by atoms with Crippen LogP contribution in [-0.2, 0) is 9.53 Å². The molecule has 86 valence electrons. The Morgan fingerprint density at radius 2 is 2.13 bits per heavy atom. The molecule has 4 nitrogen and oxygen atoms in total. The van der Waals surface area contributed by atoms with E-state index in [0.717, 1.165) is 25.7 Å². The van der Waals surface area contributed by atoms with Gasteiger partial charge in [0.05, 0.1) is 11.7 Å². The van der Waals surface area contributed by atoms with Gasteiger partial charge < -0.3 is 15.6 Å². The van der Waals surface area contributed by atoms with E-state index < -0.39 is 12.0 Å².